The van der Waals surface area contributed by atoms with Crippen molar-refractivity contribution >= 4 is 15.9 Å². The summed E-state index contributed by atoms with van der Waals surface area (Å²) in [5.41, 5.74) is -0.00468. The van der Waals surface area contributed by atoms with Crippen molar-refractivity contribution in [3.8, 4) is 5.75 Å². The lowest BCUT2D eigenvalue weighted by Crippen LogP contribution is -2.17. The molecule has 0 aliphatic carbocycles. The van der Waals surface area contributed by atoms with E-state index < -0.39 is 29.0 Å². The number of aliphatic hydroxyl groups excluding tert-OH is 1. The van der Waals surface area contributed by atoms with Crippen LogP contribution in [0.5, 0.6) is 5.75 Å². The topological polar surface area (TPSA) is 29.5 Å². The molecule has 2 nitrogen and oxygen atoms in total. The largest absolute Gasteiger partial charge is 0.573 e. The molecule has 0 aliphatic rings. The Bertz CT molecular complexity index is 364. The molecule has 0 radical (unpaired) electrons. The van der Waals surface area contributed by atoms with Gasteiger partial charge in [0.25, 0.3) is 0 Å². The van der Waals surface area contributed by atoms with Gasteiger partial charge in [-0.2, -0.15) is 0 Å². The van der Waals surface area contributed by atoms with E-state index in [-0.39, 0.29) is 5.56 Å². The van der Waals surface area contributed by atoms with Crippen molar-refractivity contribution in [3.63, 3.8) is 0 Å². The van der Waals surface area contributed by atoms with E-state index in [1.165, 1.54) is 0 Å². The van der Waals surface area contributed by atoms with Gasteiger partial charge in [-0.25, -0.2) is 4.39 Å². The van der Waals surface area contributed by atoms with Gasteiger partial charge in [-0.05, 0) is 33.6 Å². The van der Waals surface area contributed by atoms with Crippen LogP contribution in [0, 0.1) is 5.82 Å². The highest BCUT2D eigenvalue weighted by molar-refractivity contribution is 9.10. The number of rotatable bonds is 2. The number of ether oxygens (including phenoxy) is 1. The zero-order chi connectivity index (χ0) is 11.6. The fraction of sp³-hybridized carbons (Fsp3) is 0.250. The maximum Gasteiger partial charge on any atom is 0.573 e. The number of aliphatic hydroxyl groups is 1. The SMILES string of the molecule is OCc1cc(F)c(Br)c(OC(F)(F)F)c1. The summed E-state index contributed by atoms with van der Waals surface area (Å²) >= 11 is 2.61. The molecule has 1 aromatic carbocycles. The Morgan fingerprint density at radius 3 is 2.40 bits per heavy atom. The van der Waals surface area contributed by atoms with Crippen LogP contribution in [0.15, 0.2) is 16.6 Å². The predicted octanol–water partition coefficient (Wildman–Crippen LogP) is 2.98. The van der Waals surface area contributed by atoms with E-state index in [0.717, 1.165) is 12.1 Å². The average molecular weight is 289 g/mol. The Hall–Kier alpha value is -0.820. The zero-order valence-corrected chi connectivity index (χ0v) is 8.69. The van der Waals surface area contributed by atoms with Crippen molar-refractivity contribution in [1.29, 1.82) is 0 Å². The standard InChI is InChI=1S/C8H5BrF4O2/c9-7-5(10)1-4(3-14)2-6(7)15-8(11,12)13/h1-2,14H,3H2. The summed E-state index contributed by atoms with van der Waals surface area (Å²) in [6, 6.07) is 1.81. The van der Waals surface area contributed by atoms with Crippen LogP contribution in [0.25, 0.3) is 0 Å². The summed E-state index contributed by atoms with van der Waals surface area (Å²) in [5, 5.41) is 8.66. The van der Waals surface area contributed by atoms with E-state index in [2.05, 4.69) is 20.7 Å². The van der Waals surface area contributed by atoms with Gasteiger partial charge in [0, 0.05) is 0 Å². The molecule has 0 amide bonds. The van der Waals surface area contributed by atoms with Gasteiger partial charge in [-0.1, -0.05) is 0 Å². The van der Waals surface area contributed by atoms with Crippen molar-refractivity contribution < 1.29 is 27.4 Å². The zero-order valence-electron chi connectivity index (χ0n) is 7.11. The van der Waals surface area contributed by atoms with Gasteiger partial charge in [0.15, 0.2) is 0 Å². The quantitative estimate of drug-likeness (QED) is 0.848. The second-order valence-corrected chi connectivity index (χ2v) is 3.39. The molecule has 0 aromatic heterocycles. The third-order valence-corrected chi connectivity index (χ3v) is 2.23. The number of alkyl halides is 3. The van der Waals surface area contributed by atoms with E-state index >= 15 is 0 Å². The van der Waals surface area contributed by atoms with Gasteiger partial charge in [-0.15, -0.1) is 13.2 Å². The first-order valence-electron chi connectivity index (χ1n) is 3.68. The second kappa shape index (κ2) is 4.36. The summed E-state index contributed by atoms with van der Waals surface area (Å²) in [4.78, 5) is 0. The lowest BCUT2D eigenvalue weighted by atomic mass is 10.2. The summed E-state index contributed by atoms with van der Waals surface area (Å²) in [6.07, 6.45) is -4.90. The lowest BCUT2D eigenvalue weighted by molar-refractivity contribution is -0.275. The molecule has 15 heavy (non-hydrogen) atoms. The number of halogens is 5. The van der Waals surface area contributed by atoms with E-state index in [9.17, 15) is 17.6 Å². The molecule has 1 rings (SSSR count). The summed E-state index contributed by atoms with van der Waals surface area (Å²) < 4.78 is 51.7. The molecular formula is C8H5BrF4O2. The van der Waals surface area contributed by atoms with E-state index in [0.29, 0.717) is 0 Å². The van der Waals surface area contributed by atoms with E-state index in [1.54, 1.807) is 0 Å². The van der Waals surface area contributed by atoms with Crippen molar-refractivity contribution in [3.05, 3.63) is 28.0 Å². The average Bonchev–Trinajstić information content (AvgIpc) is 2.10. The molecule has 84 valence electrons. The molecule has 0 saturated heterocycles. The lowest BCUT2D eigenvalue weighted by Gasteiger charge is -2.11. The molecule has 0 unspecified atom stereocenters. The van der Waals surface area contributed by atoms with Crippen molar-refractivity contribution in [2.75, 3.05) is 0 Å². The maximum absolute atomic E-state index is 13.0. The molecule has 0 spiro atoms. The van der Waals surface area contributed by atoms with Crippen molar-refractivity contribution in [2.45, 2.75) is 13.0 Å². The molecule has 1 N–H and O–H groups in total. The van der Waals surface area contributed by atoms with Crippen LogP contribution in [0.4, 0.5) is 17.6 Å². The van der Waals surface area contributed by atoms with Gasteiger partial charge in [0.05, 0.1) is 11.1 Å². The van der Waals surface area contributed by atoms with Gasteiger partial charge < -0.3 is 9.84 Å². The normalized spacial score (nSPS) is 11.6. The Morgan fingerprint density at radius 2 is 1.93 bits per heavy atom. The van der Waals surface area contributed by atoms with Crippen LogP contribution in [0.2, 0.25) is 0 Å². The van der Waals surface area contributed by atoms with Crippen LogP contribution < -0.4 is 4.74 Å². The molecule has 0 bridgehead atoms. The minimum Gasteiger partial charge on any atom is -0.404 e. The highest BCUT2D eigenvalue weighted by Crippen LogP contribution is 2.33. The summed E-state index contributed by atoms with van der Waals surface area (Å²) in [5.74, 6) is -1.65. The molecule has 7 heteroatoms. The van der Waals surface area contributed by atoms with Crippen LogP contribution in [-0.4, -0.2) is 11.5 Å². The molecule has 0 aliphatic heterocycles. The molecule has 1 aromatic rings. The molecule has 0 atom stereocenters. The molecule has 0 saturated carbocycles. The number of hydrogen-bond donors (Lipinski definition) is 1. The van der Waals surface area contributed by atoms with Gasteiger partial charge in [-0.3, -0.25) is 0 Å². The van der Waals surface area contributed by atoms with Crippen LogP contribution in [0.3, 0.4) is 0 Å². The number of hydrogen-bond acceptors (Lipinski definition) is 2. The van der Waals surface area contributed by atoms with Gasteiger partial charge in [0.1, 0.15) is 11.6 Å². The van der Waals surface area contributed by atoms with Crippen molar-refractivity contribution in [1.82, 2.24) is 0 Å². The Labute approximate surface area is 90.6 Å². The summed E-state index contributed by atoms with van der Waals surface area (Å²) in [7, 11) is 0. The van der Waals surface area contributed by atoms with Crippen molar-refractivity contribution in [2.24, 2.45) is 0 Å². The smallest absolute Gasteiger partial charge is 0.404 e. The minimum atomic E-state index is -4.90. The maximum atomic E-state index is 13.0. The first-order valence-corrected chi connectivity index (χ1v) is 4.47. The Kier molecular flexibility index (Phi) is 3.56. The highest BCUT2D eigenvalue weighted by atomic mass is 79.9. The monoisotopic (exact) mass is 288 g/mol. The molecular weight excluding hydrogens is 284 g/mol. The Balaban J connectivity index is 3.11. The third kappa shape index (κ3) is 3.35. The predicted molar refractivity (Wildman–Crippen MR) is 46.7 cm³/mol. The first kappa shape index (κ1) is 12.3. The molecule has 0 heterocycles. The summed E-state index contributed by atoms with van der Waals surface area (Å²) in [6.45, 7) is -0.571. The minimum absolute atomic E-state index is 0.00468. The van der Waals surface area contributed by atoms with E-state index in [1.807, 2.05) is 0 Å². The first-order chi connectivity index (χ1) is 6.83. The van der Waals surface area contributed by atoms with Gasteiger partial charge in [0.2, 0.25) is 0 Å². The van der Waals surface area contributed by atoms with Gasteiger partial charge >= 0.3 is 6.36 Å². The van der Waals surface area contributed by atoms with Crippen LogP contribution in [0.1, 0.15) is 5.56 Å². The Morgan fingerprint density at radius 1 is 1.33 bits per heavy atom. The fourth-order valence-corrected chi connectivity index (χ4v) is 1.22. The van der Waals surface area contributed by atoms with Crippen LogP contribution >= 0.6 is 15.9 Å². The third-order valence-electron chi connectivity index (χ3n) is 1.46. The van der Waals surface area contributed by atoms with Crippen LogP contribution in [-0.2, 0) is 6.61 Å². The number of benzene rings is 1. The second-order valence-electron chi connectivity index (χ2n) is 2.60. The van der Waals surface area contributed by atoms with E-state index in [4.69, 9.17) is 5.11 Å². The molecule has 0 fully saturated rings. The fourth-order valence-electron chi connectivity index (χ4n) is 0.907. The highest BCUT2D eigenvalue weighted by Gasteiger charge is 2.32.